The quantitative estimate of drug-likeness (QED) is 0.343. The van der Waals surface area contributed by atoms with Crippen molar-refractivity contribution in [2.45, 2.75) is 30.2 Å². The number of rotatable bonds is 9. The molecule has 2 heterocycles. The normalized spacial score (nSPS) is 16.3. The van der Waals surface area contributed by atoms with E-state index < -0.39 is 10.0 Å². The maximum atomic E-state index is 13.1. The Hall–Kier alpha value is -3.45. The predicted molar refractivity (Wildman–Crippen MR) is 154 cm³/mol. The lowest BCUT2D eigenvalue weighted by Gasteiger charge is -2.32. The molecule has 1 aromatic heterocycles. The number of hydrogen-bond acceptors (Lipinski definition) is 9. The highest BCUT2D eigenvalue weighted by atomic mass is 35.5. The van der Waals surface area contributed by atoms with Crippen LogP contribution in [0.15, 0.2) is 53.6 Å². The number of sulfonamides is 1. The number of hydrogen-bond donors (Lipinski definition) is 3. The average molecular weight is 586 g/mol. The number of nitrogens with zero attached hydrogens (tertiary/aromatic N) is 4. The van der Waals surface area contributed by atoms with Crippen molar-refractivity contribution in [1.29, 1.82) is 0 Å². The number of benzene rings is 2. The maximum absolute atomic E-state index is 13.1. The number of methoxy groups -OCH3 is 1. The van der Waals surface area contributed by atoms with E-state index in [1.54, 1.807) is 36.4 Å². The summed E-state index contributed by atoms with van der Waals surface area (Å²) in [5, 5.41) is 6.37. The molecule has 13 heteroatoms. The molecule has 0 atom stereocenters. The summed E-state index contributed by atoms with van der Waals surface area (Å²) in [5.41, 5.74) is 1.35. The van der Waals surface area contributed by atoms with Crippen LogP contribution in [0.4, 0.5) is 23.1 Å². The first-order valence-electron chi connectivity index (χ1n) is 13.1. The van der Waals surface area contributed by atoms with Gasteiger partial charge in [0.25, 0.3) is 5.91 Å². The lowest BCUT2D eigenvalue weighted by atomic mass is 9.94. The van der Waals surface area contributed by atoms with Crippen LogP contribution >= 0.6 is 11.6 Å². The minimum atomic E-state index is -3.75. The lowest BCUT2D eigenvalue weighted by Crippen LogP contribution is -2.47. The van der Waals surface area contributed by atoms with Gasteiger partial charge in [0, 0.05) is 37.8 Å². The van der Waals surface area contributed by atoms with Crippen molar-refractivity contribution in [1.82, 2.24) is 24.5 Å². The third-order valence-corrected chi connectivity index (χ3v) is 8.94. The van der Waals surface area contributed by atoms with E-state index in [4.69, 9.17) is 16.3 Å². The van der Waals surface area contributed by atoms with Gasteiger partial charge < -0.3 is 25.2 Å². The Morgan fingerprint density at radius 2 is 1.80 bits per heavy atom. The first-order chi connectivity index (χ1) is 19.2. The number of para-hydroxylation sites is 1. The minimum Gasteiger partial charge on any atom is -0.495 e. The molecule has 1 aliphatic heterocycles. The molecule has 2 fully saturated rings. The van der Waals surface area contributed by atoms with Gasteiger partial charge in [-0.1, -0.05) is 30.2 Å². The summed E-state index contributed by atoms with van der Waals surface area (Å²) in [5.74, 6) is 0.837. The van der Waals surface area contributed by atoms with Gasteiger partial charge in [0.2, 0.25) is 16.0 Å². The van der Waals surface area contributed by atoms with Crippen molar-refractivity contribution in [3.05, 3.63) is 59.2 Å². The van der Waals surface area contributed by atoms with Gasteiger partial charge in [-0.15, -0.1) is 0 Å². The van der Waals surface area contributed by atoms with E-state index in [0.717, 1.165) is 32.4 Å². The van der Waals surface area contributed by atoms with Crippen LogP contribution in [0.3, 0.4) is 0 Å². The number of carbonyl (C=O) groups is 1. The van der Waals surface area contributed by atoms with Crippen LogP contribution in [0.25, 0.3) is 0 Å². The fraction of sp³-hybridized carbons (Fsp3) is 0.370. The number of anilines is 4. The molecule has 0 radical (unpaired) electrons. The molecule has 11 nitrogen and oxygen atoms in total. The number of halogens is 1. The van der Waals surface area contributed by atoms with Gasteiger partial charge in [0.15, 0.2) is 5.82 Å². The largest absolute Gasteiger partial charge is 0.495 e. The zero-order valence-corrected chi connectivity index (χ0v) is 23.9. The molecule has 0 spiro atoms. The Kier molecular flexibility index (Phi) is 8.40. The second-order valence-electron chi connectivity index (χ2n) is 9.90. The summed E-state index contributed by atoms with van der Waals surface area (Å²) in [4.78, 5) is 26.0. The van der Waals surface area contributed by atoms with Gasteiger partial charge in [-0.2, -0.15) is 4.98 Å². The third kappa shape index (κ3) is 6.30. The van der Waals surface area contributed by atoms with E-state index in [1.807, 2.05) is 11.9 Å². The molecule has 3 aromatic rings. The van der Waals surface area contributed by atoms with E-state index in [2.05, 4.69) is 30.2 Å². The van der Waals surface area contributed by atoms with E-state index in [-0.39, 0.29) is 33.6 Å². The highest BCUT2D eigenvalue weighted by molar-refractivity contribution is 7.89. The molecule has 0 unspecified atom stereocenters. The second-order valence-corrected chi connectivity index (χ2v) is 12.0. The summed E-state index contributed by atoms with van der Waals surface area (Å²) >= 11 is 6.39. The maximum Gasteiger partial charge on any atom is 0.254 e. The fourth-order valence-corrected chi connectivity index (χ4v) is 6.11. The summed E-state index contributed by atoms with van der Waals surface area (Å²) in [6.07, 6.45) is 4.08. The van der Waals surface area contributed by atoms with Crippen LogP contribution in [0.5, 0.6) is 5.75 Å². The summed E-state index contributed by atoms with van der Waals surface area (Å²) in [7, 11) is -0.174. The van der Waals surface area contributed by atoms with Crippen molar-refractivity contribution >= 4 is 50.7 Å². The van der Waals surface area contributed by atoms with Crippen molar-refractivity contribution in [3.8, 4) is 5.75 Å². The Morgan fingerprint density at radius 1 is 1.05 bits per heavy atom. The highest BCUT2D eigenvalue weighted by Gasteiger charge is 2.27. The van der Waals surface area contributed by atoms with Gasteiger partial charge in [-0.25, -0.2) is 18.1 Å². The zero-order chi connectivity index (χ0) is 28.3. The summed E-state index contributed by atoms with van der Waals surface area (Å²) in [6, 6.07) is 11.7. The van der Waals surface area contributed by atoms with Gasteiger partial charge in [-0.05, 0) is 50.2 Å². The second kappa shape index (κ2) is 12.0. The van der Waals surface area contributed by atoms with E-state index >= 15 is 0 Å². The first kappa shape index (κ1) is 28.1. The van der Waals surface area contributed by atoms with E-state index in [9.17, 15) is 13.2 Å². The van der Waals surface area contributed by atoms with Crippen molar-refractivity contribution < 1.29 is 17.9 Å². The molecule has 5 rings (SSSR count). The minimum absolute atomic E-state index is 0.0506. The number of piperazine rings is 1. The lowest BCUT2D eigenvalue weighted by molar-refractivity contribution is 0.0664. The molecule has 0 bridgehead atoms. The first-order valence-corrected chi connectivity index (χ1v) is 14.9. The smallest absolute Gasteiger partial charge is 0.254 e. The van der Waals surface area contributed by atoms with E-state index in [1.165, 1.54) is 19.4 Å². The van der Waals surface area contributed by atoms with Gasteiger partial charge in [-0.3, -0.25) is 4.79 Å². The number of amides is 1. The molecule has 1 saturated carbocycles. The van der Waals surface area contributed by atoms with Crippen LogP contribution in [0.2, 0.25) is 5.02 Å². The van der Waals surface area contributed by atoms with E-state index in [0.29, 0.717) is 35.8 Å². The van der Waals surface area contributed by atoms with Gasteiger partial charge >= 0.3 is 0 Å². The fourth-order valence-electron chi connectivity index (χ4n) is 4.51. The van der Waals surface area contributed by atoms with Crippen LogP contribution in [-0.2, 0) is 10.0 Å². The Labute approximate surface area is 238 Å². The molecular formula is C27H32ClN7O4S. The number of carbonyl (C=O) groups excluding carboxylic acids is 1. The third-order valence-electron chi connectivity index (χ3n) is 7.08. The molecule has 2 aliphatic rings. The van der Waals surface area contributed by atoms with Crippen LogP contribution in [0.1, 0.15) is 29.6 Å². The van der Waals surface area contributed by atoms with Crippen molar-refractivity contribution in [2.75, 3.05) is 51.0 Å². The van der Waals surface area contributed by atoms with Crippen molar-refractivity contribution in [3.63, 3.8) is 0 Å². The molecule has 1 amide bonds. The summed E-state index contributed by atoms with van der Waals surface area (Å²) in [6.45, 7) is 2.96. The molecule has 3 N–H and O–H groups in total. The Bertz CT molecular complexity index is 1490. The highest BCUT2D eigenvalue weighted by Crippen LogP contribution is 2.32. The van der Waals surface area contributed by atoms with Gasteiger partial charge in [0.05, 0.1) is 24.7 Å². The standard InChI is InChI=1S/C27H32ClN7O4S/c1-34-12-14-35(15-13-34)26(36)18-10-11-23(39-2)22(16-18)31-27-29-17-20(28)25(32-27)30-21-8-3-4-9-24(21)40(37,38)33-19-6-5-7-19/h3-4,8-11,16-17,19,33H,5-7,12-15H2,1-2H3,(H2,29,30,31,32). The summed E-state index contributed by atoms with van der Waals surface area (Å²) < 4.78 is 34.4. The van der Waals surface area contributed by atoms with Crippen molar-refractivity contribution in [2.24, 2.45) is 0 Å². The number of ether oxygens (including phenoxy) is 1. The number of aromatic nitrogens is 2. The number of likely N-dealkylation sites (N-methyl/N-ethyl adjacent to an activating group) is 1. The van der Waals surface area contributed by atoms with Crippen LogP contribution in [0, 0.1) is 0 Å². The molecule has 1 saturated heterocycles. The van der Waals surface area contributed by atoms with Crippen LogP contribution in [-0.4, -0.2) is 80.5 Å². The monoisotopic (exact) mass is 585 g/mol. The van der Waals surface area contributed by atoms with Gasteiger partial charge in [0.1, 0.15) is 15.7 Å². The molecule has 2 aromatic carbocycles. The number of nitrogens with one attached hydrogen (secondary N) is 3. The molecular weight excluding hydrogens is 554 g/mol. The SMILES string of the molecule is COc1ccc(C(=O)N2CCN(C)CC2)cc1Nc1ncc(Cl)c(Nc2ccccc2S(=O)(=O)NC2CCC2)n1. The Morgan fingerprint density at radius 3 is 2.50 bits per heavy atom. The Balaban J connectivity index is 1.38. The molecule has 1 aliphatic carbocycles. The average Bonchev–Trinajstić information content (AvgIpc) is 2.93. The predicted octanol–water partition coefficient (Wildman–Crippen LogP) is 3.84. The molecule has 212 valence electrons. The topological polar surface area (TPSA) is 129 Å². The molecule has 40 heavy (non-hydrogen) atoms. The zero-order valence-electron chi connectivity index (χ0n) is 22.4. The van der Waals surface area contributed by atoms with Crippen LogP contribution < -0.4 is 20.1 Å².